The Morgan fingerprint density at radius 3 is 2.75 bits per heavy atom. The number of allylic oxidation sites excluding steroid dienone is 2. The van der Waals surface area contributed by atoms with Gasteiger partial charge in [-0.05, 0) is 56.5 Å². The van der Waals surface area contributed by atoms with E-state index in [4.69, 9.17) is 0 Å². The van der Waals surface area contributed by atoms with E-state index < -0.39 is 0 Å². The molecule has 1 aliphatic rings. The van der Waals surface area contributed by atoms with Crippen molar-refractivity contribution in [1.82, 2.24) is 0 Å². The van der Waals surface area contributed by atoms with Crippen LogP contribution in [0.2, 0.25) is 0 Å². The highest BCUT2D eigenvalue weighted by molar-refractivity contribution is 9.14. The molecule has 0 atom stereocenters. The molecule has 1 aromatic rings. The maximum Gasteiger partial charge on any atom is 0.0734 e. The number of benzene rings is 1. The monoisotopic (exact) mass is 340 g/mol. The van der Waals surface area contributed by atoms with Gasteiger partial charge < -0.3 is 0 Å². The van der Waals surface area contributed by atoms with Crippen LogP contribution in [0.4, 0.5) is 5.69 Å². The Kier molecular flexibility index (Phi) is 3.30. The molecule has 1 aliphatic heterocycles. The van der Waals surface area contributed by atoms with Crippen molar-refractivity contribution < 1.29 is 0 Å². The van der Waals surface area contributed by atoms with Crippen molar-refractivity contribution in [2.75, 3.05) is 5.01 Å². The topological polar surface area (TPSA) is 15.6 Å². The lowest BCUT2D eigenvalue weighted by molar-refractivity contribution is 1.02. The number of hydrogen-bond acceptors (Lipinski definition) is 2. The van der Waals surface area contributed by atoms with Gasteiger partial charge in [0.1, 0.15) is 0 Å². The van der Waals surface area contributed by atoms with E-state index in [0.29, 0.717) is 0 Å². The van der Waals surface area contributed by atoms with Crippen LogP contribution < -0.4 is 5.01 Å². The molecule has 4 heteroatoms. The first-order chi connectivity index (χ1) is 7.59. The predicted octanol–water partition coefficient (Wildman–Crippen LogP) is 4.32. The van der Waals surface area contributed by atoms with Crippen molar-refractivity contribution in [3.63, 3.8) is 0 Å². The van der Waals surface area contributed by atoms with Crippen molar-refractivity contribution in [3.05, 3.63) is 51.1 Å². The number of hydrazone groups is 1. The number of anilines is 1. The van der Waals surface area contributed by atoms with Gasteiger partial charge in [0.15, 0.2) is 0 Å². The van der Waals surface area contributed by atoms with Crippen molar-refractivity contribution in [2.24, 2.45) is 5.10 Å². The number of nitrogens with zero attached hydrogens (tertiary/aromatic N) is 2. The highest BCUT2D eigenvalue weighted by Crippen LogP contribution is 2.33. The Morgan fingerprint density at radius 2 is 2.06 bits per heavy atom. The number of rotatable bonds is 1. The highest BCUT2D eigenvalue weighted by atomic mass is 79.9. The zero-order valence-corrected chi connectivity index (χ0v) is 11.9. The fourth-order valence-corrected chi connectivity index (χ4v) is 2.04. The van der Waals surface area contributed by atoms with Crippen LogP contribution in [0.25, 0.3) is 0 Å². The molecular formula is C12H10Br2N2. The van der Waals surface area contributed by atoms with Crippen LogP contribution in [0.15, 0.2) is 50.6 Å². The van der Waals surface area contributed by atoms with Crippen LogP contribution in [0, 0.1) is 6.92 Å². The number of hydrogen-bond donors (Lipinski definition) is 0. The Bertz CT molecular complexity index is 503. The molecule has 82 valence electrons. The molecule has 1 aromatic carbocycles. The summed E-state index contributed by atoms with van der Waals surface area (Å²) in [6.45, 7) is 6.07. The molecular weight excluding hydrogens is 332 g/mol. The van der Waals surface area contributed by atoms with Gasteiger partial charge in [0, 0.05) is 0 Å². The van der Waals surface area contributed by atoms with Crippen molar-refractivity contribution in [1.29, 1.82) is 0 Å². The molecule has 0 spiro atoms. The Hall–Kier alpha value is -0.870. The summed E-state index contributed by atoms with van der Waals surface area (Å²) in [6, 6.07) is 8.15. The minimum absolute atomic E-state index is 0.819. The first kappa shape index (κ1) is 11.6. The first-order valence-electron chi connectivity index (χ1n) is 4.75. The Balaban J connectivity index is 2.39. The third-order valence-corrected chi connectivity index (χ3v) is 4.27. The molecule has 0 amide bonds. The first-order valence-corrected chi connectivity index (χ1v) is 6.33. The molecule has 0 radical (unpaired) electrons. The molecule has 0 saturated heterocycles. The maximum atomic E-state index is 4.33. The van der Waals surface area contributed by atoms with Crippen LogP contribution in [-0.2, 0) is 0 Å². The molecule has 0 aliphatic carbocycles. The molecule has 0 aromatic heterocycles. The van der Waals surface area contributed by atoms with E-state index in [-0.39, 0.29) is 0 Å². The zero-order valence-electron chi connectivity index (χ0n) is 8.74. The molecule has 0 N–H and O–H groups in total. The van der Waals surface area contributed by atoms with Gasteiger partial charge in [-0.25, -0.2) is 5.01 Å². The summed E-state index contributed by atoms with van der Waals surface area (Å²) >= 11 is 6.88. The van der Waals surface area contributed by atoms with Gasteiger partial charge in [0.05, 0.1) is 26.6 Å². The van der Waals surface area contributed by atoms with Crippen molar-refractivity contribution in [3.8, 4) is 0 Å². The smallest absolute Gasteiger partial charge is 0.0734 e. The summed E-state index contributed by atoms with van der Waals surface area (Å²) in [5.41, 5.74) is 3.03. The summed E-state index contributed by atoms with van der Waals surface area (Å²) in [4.78, 5) is 0. The van der Waals surface area contributed by atoms with Crippen LogP contribution >= 0.6 is 31.9 Å². The van der Waals surface area contributed by atoms with Gasteiger partial charge in [-0.15, -0.1) is 0 Å². The molecule has 0 bridgehead atoms. The van der Waals surface area contributed by atoms with Crippen LogP contribution in [0.1, 0.15) is 5.56 Å². The minimum Gasteiger partial charge on any atom is -0.233 e. The maximum absolute atomic E-state index is 4.33. The van der Waals surface area contributed by atoms with Gasteiger partial charge in [-0.2, -0.15) is 5.10 Å². The van der Waals surface area contributed by atoms with Crippen LogP contribution in [0.3, 0.4) is 0 Å². The predicted molar refractivity (Wildman–Crippen MR) is 76.2 cm³/mol. The van der Waals surface area contributed by atoms with Gasteiger partial charge >= 0.3 is 0 Å². The second-order valence-electron chi connectivity index (χ2n) is 3.50. The Morgan fingerprint density at radius 1 is 1.31 bits per heavy atom. The summed E-state index contributed by atoms with van der Waals surface area (Å²) in [5.74, 6) is 0. The lowest BCUT2D eigenvalue weighted by Gasteiger charge is -2.24. The van der Waals surface area contributed by atoms with E-state index in [2.05, 4.69) is 62.6 Å². The largest absolute Gasteiger partial charge is 0.233 e. The molecule has 0 saturated carbocycles. The SMILES string of the molecule is C=C1C(Br)=C(Br)C=NN1c1cccc(C)c1. The minimum atomic E-state index is 0.819. The molecule has 2 nitrogen and oxygen atoms in total. The lowest BCUT2D eigenvalue weighted by atomic mass is 10.2. The molecule has 2 rings (SSSR count). The molecule has 1 heterocycles. The lowest BCUT2D eigenvalue weighted by Crippen LogP contribution is -2.18. The van der Waals surface area contributed by atoms with Gasteiger partial charge in [0.25, 0.3) is 0 Å². The average molecular weight is 342 g/mol. The van der Waals surface area contributed by atoms with E-state index in [1.165, 1.54) is 5.56 Å². The molecule has 16 heavy (non-hydrogen) atoms. The Labute approximate surface area is 112 Å². The summed E-state index contributed by atoms with van der Waals surface area (Å²) in [7, 11) is 0. The third kappa shape index (κ3) is 2.13. The van der Waals surface area contributed by atoms with Crippen molar-refractivity contribution >= 4 is 43.8 Å². The normalized spacial score (nSPS) is 15.9. The average Bonchev–Trinajstić information content (AvgIpc) is 2.26. The van der Waals surface area contributed by atoms with E-state index in [9.17, 15) is 0 Å². The standard InChI is InChI=1S/C12H10Br2N2/c1-8-4-3-5-10(6-8)16-9(2)12(14)11(13)7-15-16/h3-7H,2H2,1H3. The zero-order chi connectivity index (χ0) is 11.7. The fraction of sp³-hybridized carbons (Fsp3) is 0.0833. The van der Waals surface area contributed by atoms with E-state index >= 15 is 0 Å². The summed E-state index contributed by atoms with van der Waals surface area (Å²) in [6.07, 6.45) is 1.75. The fourth-order valence-electron chi connectivity index (χ4n) is 1.45. The van der Waals surface area contributed by atoms with Gasteiger partial charge in [-0.1, -0.05) is 18.7 Å². The van der Waals surface area contributed by atoms with E-state index in [0.717, 1.165) is 20.3 Å². The van der Waals surface area contributed by atoms with E-state index in [1.807, 2.05) is 17.1 Å². The van der Waals surface area contributed by atoms with E-state index in [1.54, 1.807) is 6.21 Å². The van der Waals surface area contributed by atoms with Gasteiger partial charge in [-0.3, -0.25) is 0 Å². The van der Waals surface area contributed by atoms with Crippen LogP contribution in [-0.4, -0.2) is 6.21 Å². The number of halogens is 2. The summed E-state index contributed by atoms with van der Waals surface area (Å²) < 4.78 is 1.82. The van der Waals surface area contributed by atoms with Gasteiger partial charge in [0.2, 0.25) is 0 Å². The summed E-state index contributed by atoms with van der Waals surface area (Å²) in [5, 5.41) is 6.13. The van der Waals surface area contributed by atoms with Crippen molar-refractivity contribution in [2.45, 2.75) is 6.92 Å². The molecule has 0 fully saturated rings. The molecule has 0 unspecified atom stereocenters. The third-order valence-electron chi connectivity index (χ3n) is 2.25. The quantitative estimate of drug-likeness (QED) is 0.742. The number of aryl methyl sites for hydroxylation is 1. The van der Waals surface area contributed by atoms with Crippen LogP contribution in [0.5, 0.6) is 0 Å². The second-order valence-corrected chi connectivity index (χ2v) is 5.15. The second kappa shape index (κ2) is 4.55. The highest BCUT2D eigenvalue weighted by Gasteiger charge is 2.17.